The van der Waals surface area contributed by atoms with Gasteiger partial charge >= 0.3 is 0 Å². The maximum atomic E-state index is 13.1. The lowest BCUT2D eigenvalue weighted by Crippen LogP contribution is -2.38. The predicted octanol–water partition coefficient (Wildman–Crippen LogP) is 4.29. The fourth-order valence-electron chi connectivity index (χ4n) is 3.76. The van der Waals surface area contributed by atoms with Gasteiger partial charge in [0, 0.05) is 17.5 Å². The number of aryl methyl sites for hydroxylation is 3. The van der Waals surface area contributed by atoms with Gasteiger partial charge < -0.3 is 9.42 Å². The van der Waals surface area contributed by atoms with E-state index in [9.17, 15) is 4.79 Å². The van der Waals surface area contributed by atoms with Crippen LogP contribution in [-0.4, -0.2) is 22.5 Å². The Hall–Kier alpha value is -1.62. The van der Waals surface area contributed by atoms with Crippen LogP contribution < -0.4 is 0 Å². The van der Waals surface area contributed by atoms with Crippen molar-refractivity contribution in [1.29, 1.82) is 0 Å². The number of carbonyl (C=O) groups excluding carboxylic acids is 1. The number of piperidine rings is 1. The third-order valence-corrected chi connectivity index (χ3v) is 6.18. The zero-order valence-electron chi connectivity index (χ0n) is 13.5. The average Bonchev–Trinajstić information content (AvgIpc) is 3.20. The van der Waals surface area contributed by atoms with Crippen LogP contribution in [0.4, 0.5) is 0 Å². The highest BCUT2D eigenvalue weighted by Gasteiger charge is 2.32. The van der Waals surface area contributed by atoms with Crippen LogP contribution in [0.3, 0.4) is 0 Å². The Balaban J connectivity index is 1.61. The molecule has 4 rings (SSSR count). The summed E-state index contributed by atoms with van der Waals surface area (Å²) in [5.74, 6) is 0.985. The fraction of sp³-hybridized carbons (Fsp3) is 0.556. The normalized spacial score (nSPS) is 21.3. The molecule has 0 spiro atoms. The van der Waals surface area contributed by atoms with Crippen LogP contribution in [0.15, 0.2) is 16.7 Å². The van der Waals surface area contributed by atoms with E-state index in [1.54, 1.807) is 11.3 Å². The fourth-order valence-corrected chi connectivity index (χ4v) is 4.97. The standard InChI is InChI=1S/C18H22N2O2S/c1-12-10-14(19-22-12)15-7-4-5-9-20(15)18(21)17-11-13-6-2-3-8-16(13)23-17/h10-11,15H,2-9H2,1H3/t15-/m0/s1. The summed E-state index contributed by atoms with van der Waals surface area (Å²) in [5.41, 5.74) is 2.30. The molecule has 0 aromatic carbocycles. The number of nitrogens with zero attached hydrogens (tertiary/aromatic N) is 2. The van der Waals surface area contributed by atoms with E-state index < -0.39 is 0 Å². The van der Waals surface area contributed by atoms with E-state index in [-0.39, 0.29) is 11.9 Å². The predicted molar refractivity (Wildman–Crippen MR) is 89.8 cm³/mol. The van der Waals surface area contributed by atoms with Gasteiger partial charge in [-0.25, -0.2) is 0 Å². The Bertz CT molecular complexity index is 695. The first-order valence-electron chi connectivity index (χ1n) is 8.58. The van der Waals surface area contributed by atoms with Crippen molar-refractivity contribution in [2.75, 3.05) is 6.54 Å². The quantitative estimate of drug-likeness (QED) is 0.825. The Morgan fingerprint density at radius 2 is 2.13 bits per heavy atom. The molecule has 1 atom stereocenters. The average molecular weight is 330 g/mol. The molecule has 3 heterocycles. The van der Waals surface area contributed by atoms with Gasteiger partial charge in [-0.2, -0.15) is 0 Å². The number of hydrogen-bond donors (Lipinski definition) is 0. The topological polar surface area (TPSA) is 46.3 Å². The molecule has 2 aliphatic rings. The van der Waals surface area contributed by atoms with E-state index >= 15 is 0 Å². The highest BCUT2D eigenvalue weighted by molar-refractivity contribution is 7.14. The Morgan fingerprint density at radius 3 is 2.91 bits per heavy atom. The summed E-state index contributed by atoms with van der Waals surface area (Å²) >= 11 is 1.70. The molecule has 1 fully saturated rings. The minimum absolute atomic E-state index is 0.0628. The highest BCUT2D eigenvalue weighted by atomic mass is 32.1. The summed E-state index contributed by atoms with van der Waals surface area (Å²) in [6.45, 7) is 2.72. The van der Waals surface area contributed by atoms with Gasteiger partial charge in [-0.15, -0.1) is 11.3 Å². The van der Waals surface area contributed by atoms with E-state index in [1.807, 2.05) is 17.9 Å². The lowest BCUT2D eigenvalue weighted by Gasteiger charge is -2.34. The Morgan fingerprint density at radius 1 is 1.26 bits per heavy atom. The first-order valence-corrected chi connectivity index (χ1v) is 9.40. The minimum Gasteiger partial charge on any atom is -0.361 e. The molecule has 0 radical (unpaired) electrons. The van der Waals surface area contributed by atoms with Crippen LogP contribution in [0.2, 0.25) is 0 Å². The van der Waals surface area contributed by atoms with Crippen LogP contribution in [0, 0.1) is 6.92 Å². The number of hydrogen-bond acceptors (Lipinski definition) is 4. The molecule has 0 saturated carbocycles. The number of carbonyl (C=O) groups is 1. The van der Waals surface area contributed by atoms with E-state index in [0.717, 1.165) is 55.0 Å². The third-order valence-electron chi connectivity index (χ3n) is 4.96. The van der Waals surface area contributed by atoms with E-state index in [1.165, 1.54) is 23.3 Å². The second kappa shape index (κ2) is 6.11. The number of fused-ring (bicyclic) bond motifs is 1. The number of likely N-dealkylation sites (tertiary alicyclic amines) is 1. The van der Waals surface area contributed by atoms with E-state index in [0.29, 0.717) is 0 Å². The molecule has 2 aromatic heterocycles. The summed E-state index contributed by atoms with van der Waals surface area (Å²) in [4.78, 5) is 17.4. The van der Waals surface area contributed by atoms with Crippen molar-refractivity contribution in [3.63, 3.8) is 0 Å². The van der Waals surface area contributed by atoms with Crippen LogP contribution in [-0.2, 0) is 12.8 Å². The largest absolute Gasteiger partial charge is 0.361 e. The van der Waals surface area contributed by atoms with Crippen molar-refractivity contribution in [1.82, 2.24) is 10.1 Å². The smallest absolute Gasteiger partial charge is 0.264 e. The molecule has 2 aromatic rings. The van der Waals surface area contributed by atoms with Crippen molar-refractivity contribution >= 4 is 17.2 Å². The summed E-state index contributed by atoms with van der Waals surface area (Å²) in [7, 11) is 0. The maximum Gasteiger partial charge on any atom is 0.264 e. The van der Waals surface area contributed by atoms with Gasteiger partial charge in [0.15, 0.2) is 0 Å². The lowest BCUT2D eigenvalue weighted by atomic mass is 9.98. The molecule has 1 aliphatic carbocycles. The first-order chi connectivity index (χ1) is 11.2. The molecule has 0 unspecified atom stereocenters. The molecule has 4 nitrogen and oxygen atoms in total. The van der Waals surface area contributed by atoms with Gasteiger partial charge in [-0.1, -0.05) is 5.16 Å². The van der Waals surface area contributed by atoms with Crippen molar-refractivity contribution in [3.8, 4) is 0 Å². The molecule has 0 N–H and O–H groups in total. The van der Waals surface area contributed by atoms with Crippen molar-refractivity contribution in [2.24, 2.45) is 0 Å². The molecule has 1 saturated heterocycles. The van der Waals surface area contributed by atoms with Crippen molar-refractivity contribution in [2.45, 2.75) is 57.9 Å². The number of rotatable bonds is 2. The van der Waals surface area contributed by atoms with Gasteiger partial charge in [0.25, 0.3) is 5.91 Å². The molecule has 0 bridgehead atoms. The molecular formula is C18H22N2O2S. The molecule has 1 aliphatic heterocycles. The zero-order chi connectivity index (χ0) is 15.8. The molecule has 23 heavy (non-hydrogen) atoms. The summed E-state index contributed by atoms with van der Waals surface area (Å²) in [6, 6.07) is 4.17. The SMILES string of the molecule is Cc1cc([C@@H]2CCCCN2C(=O)c2cc3c(s2)CCCC3)no1. The second-order valence-corrected chi connectivity index (χ2v) is 7.78. The third kappa shape index (κ3) is 2.82. The Labute approximate surface area is 140 Å². The van der Waals surface area contributed by atoms with Gasteiger partial charge in [0.1, 0.15) is 11.5 Å². The first kappa shape index (κ1) is 14.9. The van der Waals surface area contributed by atoms with E-state index in [2.05, 4.69) is 11.2 Å². The van der Waals surface area contributed by atoms with Crippen LogP contribution in [0.5, 0.6) is 0 Å². The van der Waals surface area contributed by atoms with Crippen molar-refractivity contribution in [3.05, 3.63) is 38.9 Å². The molecule has 1 amide bonds. The number of amides is 1. The number of thiophene rings is 1. The van der Waals surface area contributed by atoms with Gasteiger partial charge in [0.05, 0.1) is 10.9 Å². The van der Waals surface area contributed by atoms with E-state index in [4.69, 9.17) is 4.52 Å². The van der Waals surface area contributed by atoms with Gasteiger partial charge in [-0.05, 0) is 63.5 Å². The lowest BCUT2D eigenvalue weighted by molar-refractivity contribution is 0.0607. The molecule has 122 valence electrons. The summed E-state index contributed by atoms with van der Waals surface area (Å²) < 4.78 is 5.23. The van der Waals surface area contributed by atoms with Crippen LogP contribution in [0.1, 0.15) is 69.7 Å². The van der Waals surface area contributed by atoms with Crippen LogP contribution >= 0.6 is 11.3 Å². The monoisotopic (exact) mass is 330 g/mol. The summed E-state index contributed by atoms with van der Waals surface area (Å²) in [5, 5.41) is 4.17. The Kier molecular flexibility index (Phi) is 3.97. The van der Waals surface area contributed by atoms with Crippen molar-refractivity contribution < 1.29 is 9.32 Å². The summed E-state index contributed by atoms with van der Waals surface area (Å²) in [6.07, 6.45) is 7.96. The van der Waals surface area contributed by atoms with Crippen LogP contribution in [0.25, 0.3) is 0 Å². The molecular weight excluding hydrogens is 308 g/mol. The highest BCUT2D eigenvalue weighted by Crippen LogP contribution is 2.35. The van der Waals surface area contributed by atoms with Gasteiger partial charge in [0.2, 0.25) is 0 Å². The zero-order valence-corrected chi connectivity index (χ0v) is 14.3. The molecule has 5 heteroatoms. The minimum atomic E-state index is 0.0628. The second-order valence-electron chi connectivity index (χ2n) is 6.64. The number of aromatic nitrogens is 1. The maximum absolute atomic E-state index is 13.1. The van der Waals surface area contributed by atoms with Gasteiger partial charge in [-0.3, -0.25) is 4.79 Å².